The highest BCUT2D eigenvalue weighted by Crippen LogP contribution is 2.34. The van der Waals surface area contributed by atoms with Crippen LogP contribution in [0.4, 0.5) is 0 Å². The fourth-order valence-electron chi connectivity index (χ4n) is 3.81. The molecule has 0 fully saturated rings. The maximum Gasteiger partial charge on any atom is 0.323 e. The lowest BCUT2D eigenvalue weighted by molar-refractivity contribution is -0.142. The molecule has 0 radical (unpaired) electrons. The van der Waals surface area contributed by atoms with Crippen molar-refractivity contribution in [3.63, 3.8) is 0 Å². The number of para-hydroxylation sites is 1. The Morgan fingerprint density at radius 3 is 2.70 bits per heavy atom. The Morgan fingerprint density at radius 1 is 1.27 bits per heavy atom. The summed E-state index contributed by atoms with van der Waals surface area (Å²) in [5.74, 6) is -0.0225. The number of nitrogens with zero attached hydrogens (tertiary/aromatic N) is 4. The zero-order valence-corrected chi connectivity index (χ0v) is 18.7. The second-order valence-corrected chi connectivity index (χ2v) is 8.29. The highest BCUT2D eigenvalue weighted by Gasteiger charge is 2.30. The van der Waals surface area contributed by atoms with Crippen molar-refractivity contribution in [3.05, 3.63) is 71.5 Å². The Labute approximate surface area is 191 Å². The van der Waals surface area contributed by atoms with Gasteiger partial charge in [-0.1, -0.05) is 25.1 Å². The van der Waals surface area contributed by atoms with Crippen molar-refractivity contribution < 1.29 is 14.6 Å². The van der Waals surface area contributed by atoms with Crippen molar-refractivity contribution in [3.8, 4) is 23.4 Å². The quantitative estimate of drug-likeness (QED) is 0.447. The normalized spacial score (nSPS) is 12.9. The maximum absolute atomic E-state index is 11.6. The zero-order chi connectivity index (χ0) is 23.8. The lowest BCUT2D eigenvalue weighted by Gasteiger charge is -2.18. The van der Waals surface area contributed by atoms with Crippen LogP contribution in [-0.4, -0.2) is 31.0 Å². The van der Waals surface area contributed by atoms with Crippen LogP contribution in [0.2, 0.25) is 0 Å². The molecule has 0 amide bonds. The van der Waals surface area contributed by atoms with Crippen LogP contribution in [0, 0.1) is 11.3 Å². The molecule has 168 valence electrons. The summed E-state index contributed by atoms with van der Waals surface area (Å²) in [4.78, 5) is 11.6. The fourth-order valence-corrected chi connectivity index (χ4v) is 3.81. The predicted molar refractivity (Wildman–Crippen MR) is 125 cm³/mol. The van der Waals surface area contributed by atoms with Gasteiger partial charge >= 0.3 is 5.97 Å². The Balaban J connectivity index is 1.87. The van der Waals surface area contributed by atoms with E-state index in [0.29, 0.717) is 22.9 Å². The summed E-state index contributed by atoms with van der Waals surface area (Å²) in [7, 11) is 1.81. The van der Waals surface area contributed by atoms with Gasteiger partial charge in [0.25, 0.3) is 0 Å². The average Bonchev–Trinajstić information content (AvgIpc) is 3.33. The van der Waals surface area contributed by atoms with Crippen LogP contribution in [0.3, 0.4) is 0 Å². The van der Waals surface area contributed by atoms with Gasteiger partial charge in [0.2, 0.25) is 5.88 Å². The molecule has 0 bridgehead atoms. The number of nitriles is 1. The number of rotatable bonds is 7. The minimum atomic E-state index is -1.41. The minimum absolute atomic E-state index is 0.157. The van der Waals surface area contributed by atoms with Gasteiger partial charge in [-0.2, -0.15) is 10.4 Å². The number of nitrogens with two attached hydrogens (primary N) is 1. The van der Waals surface area contributed by atoms with Crippen LogP contribution in [0.25, 0.3) is 16.6 Å². The van der Waals surface area contributed by atoms with E-state index >= 15 is 0 Å². The Kier molecular flexibility index (Phi) is 5.66. The number of carboxylic acids is 1. The number of hydrogen-bond donors (Lipinski definition) is 2. The van der Waals surface area contributed by atoms with Gasteiger partial charge in [-0.25, -0.2) is 4.68 Å². The molecule has 0 saturated carbocycles. The van der Waals surface area contributed by atoms with E-state index in [-0.39, 0.29) is 6.42 Å². The Hall–Kier alpha value is -4.09. The molecule has 0 aliphatic heterocycles. The topological polar surface area (TPSA) is 119 Å². The molecule has 0 unspecified atom stereocenters. The standard InChI is InChI=1S/C25H25N5O3/c1-4-18-12-23(29(3)28-18)33-22-11-16(14-26)9-10-21(22)30-15-17(13-25(2,27)24(31)32)19-7-5-6-8-20(19)30/h5-12,15H,4,13,27H2,1-3H3,(H,31,32)/t25-/m1/s1. The number of benzene rings is 2. The van der Waals surface area contributed by atoms with Gasteiger partial charge in [0.05, 0.1) is 28.5 Å². The van der Waals surface area contributed by atoms with E-state index in [0.717, 1.165) is 28.6 Å². The van der Waals surface area contributed by atoms with E-state index in [9.17, 15) is 15.2 Å². The van der Waals surface area contributed by atoms with Crippen molar-refractivity contribution in [2.45, 2.75) is 32.2 Å². The number of aliphatic carboxylic acids is 1. The summed E-state index contributed by atoms with van der Waals surface area (Å²) in [6.45, 7) is 3.52. The van der Waals surface area contributed by atoms with Crippen LogP contribution in [0.5, 0.6) is 11.6 Å². The summed E-state index contributed by atoms with van der Waals surface area (Å²) in [6, 6.07) is 17.0. The molecule has 2 aromatic carbocycles. The maximum atomic E-state index is 11.6. The molecule has 1 atom stereocenters. The Bertz CT molecular complexity index is 1390. The molecule has 8 heteroatoms. The molecule has 2 aromatic heterocycles. The molecule has 3 N–H and O–H groups in total. The van der Waals surface area contributed by atoms with Crippen LogP contribution in [-0.2, 0) is 24.7 Å². The van der Waals surface area contributed by atoms with E-state index in [1.807, 2.05) is 54.1 Å². The van der Waals surface area contributed by atoms with Crippen LogP contribution >= 0.6 is 0 Å². The first-order valence-electron chi connectivity index (χ1n) is 10.6. The number of hydrogen-bond acceptors (Lipinski definition) is 5. The molecular weight excluding hydrogens is 418 g/mol. The third-order valence-electron chi connectivity index (χ3n) is 5.65. The van der Waals surface area contributed by atoms with Crippen LogP contribution < -0.4 is 10.5 Å². The Morgan fingerprint density at radius 2 is 2.03 bits per heavy atom. The number of aromatic nitrogens is 3. The van der Waals surface area contributed by atoms with Gasteiger partial charge in [-0.15, -0.1) is 0 Å². The van der Waals surface area contributed by atoms with E-state index < -0.39 is 11.5 Å². The molecule has 33 heavy (non-hydrogen) atoms. The van der Waals surface area contributed by atoms with E-state index in [4.69, 9.17) is 10.5 Å². The molecule has 8 nitrogen and oxygen atoms in total. The number of fused-ring (bicyclic) bond motifs is 1. The second-order valence-electron chi connectivity index (χ2n) is 8.29. The molecule has 2 heterocycles. The van der Waals surface area contributed by atoms with Gasteiger partial charge in [-0.05, 0) is 37.1 Å². The summed E-state index contributed by atoms with van der Waals surface area (Å²) in [6.07, 6.45) is 2.81. The van der Waals surface area contributed by atoms with Crippen LogP contribution in [0.1, 0.15) is 30.7 Å². The monoisotopic (exact) mass is 443 g/mol. The highest BCUT2D eigenvalue weighted by atomic mass is 16.5. The third kappa shape index (κ3) is 4.19. The molecule has 0 aliphatic carbocycles. The SMILES string of the molecule is CCc1cc(Oc2cc(C#N)ccc2-n2cc(C[C@@](C)(N)C(=O)O)c3ccccc32)n(C)n1. The number of carbonyl (C=O) groups is 1. The van der Waals surface area contributed by atoms with E-state index in [1.54, 1.807) is 23.9 Å². The number of ether oxygens (including phenoxy) is 1. The van der Waals surface area contributed by atoms with Crippen molar-refractivity contribution in [2.24, 2.45) is 12.8 Å². The fraction of sp³-hybridized carbons (Fsp3) is 0.240. The van der Waals surface area contributed by atoms with E-state index in [2.05, 4.69) is 11.2 Å². The van der Waals surface area contributed by atoms with Crippen molar-refractivity contribution in [2.75, 3.05) is 0 Å². The lowest BCUT2D eigenvalue weighted by Crippen LogP contribution is -2.46. The third-order valence-corrected chi connectivity index (χ3v) is 5.65. The minimum Gasteiger partial charge on any atom is -0.480 e. The summed E-state index contributed by atoms with van der Waals surface area (Å²) in [5, 5.41) is 24.3. The molecule has 0 spiro atoms. The van der Waals surface area contributed by atoms with Gasteiger partial charge in [0.1, 0.15) is 5.54 Å². The number of aryl methyl sites for hydroxylation is 2. The smallest absolute Gasteiger partial charge is 0.323 e. The van der Waals surface area contributed by atoms with Crippen molar-refractivity contribution in [1.29, 1.82) is 5.26 Å². The van der Waals surface area contributed by atoms with Crippen molar-refractivity contribution in [1.82, 2.24) is 14.3 Å². The largest absolute Gasteiger partial charge is 0.480 e. The molecule has 0 aliphatic rings. The van der Waals surface area contributed by atoms with E-state index in [1.165, 1.54) is 6.92 Å². The summed E-state index contributed by atoms with van der Waals surface area (Å²) < 4.78 is 9.83. The second kappa shape index (κ2) is 8.45. The molecule has 4 rings (SSSR count). The predicted octanol–water partition coefficient (Wildman–Crippen LogP) is 3.93. The van der Waals surface area contributed by atoms with Gasteiger partial charge in [-0.3, -0.25) is 4.79 Å². The summed E-state index contributed by atoms with van der Waals surface area (Å²) in [5.41, 5.74) is 8.40. The summed E-state index contributed by atoms with van der Waals surface area (Å²) >= 11 is 0. The molecular formula is C25H25N5O3. The first-order valence-corrected chi connectivity index (χ1v) is 10.6. The average molecular weight is 444 g/mol. The zero-order valence-electron chi connectivity index (χ0n) is 18.7. The van der Waals surface area contributed by atoms with Gasteiger partial charge in [0, 0.05) is 37.2 Å². The lowest BCUT2D eigenvalue weighted by atomic mass is 9.94. The number of carboxylic acid groups (broad SMARTS) is 1. The van der Waals surface area contributed by atoms with Crippen molar-refractivity contribution >= 4 is 16.9 Å². The molecule has 4 aromatic rings. The first-order chi connectivity index (χ1) is 15.7. The van der Waals surface area contributed by atoms with Gasteiger partial charge < -0.3 is 20.1 Å². The highest BCUT2D eigenvalue weighted by molar-refractivity contribution is 5.88. The first kappa shape index (κ1) is 22.1. The van der Waals surface area contributed by atoms with Crippen LogP contribution in [0.15, 0.2) is 54.7 Å². The molecule has 0 saturated heterocycles. The van der Waals surface area contributed by atoms with Gasteiger partial charge in [0.15, 0.2) is 5.75 Å².